The Kier molecular flexibility index (Phi) is 5.81. The monoisotopic (exact) mass is 345 g/mol. The first-order valence-electron chi connectivity index (χ1n) is 7.05. The molecule has 0 aromatic heterocycles. The van der Waals surface area contributed by atoms with E-state index in [-0.39, 0.29) is 5.82 Å². The molecule has 1 unspecified atom stereocenters. The molecule has 1 aliphatic rings. The van der Waals surface area contributed by atoms with Crippen LogP contribution >= 0.6 is 15.9 Å². The van der Waals surface area contributed by atoms with Gasteiger partial charge >= 0.3 is 0 Å². The summed E-state index contributed by atoms with van der Waals surface area (Å²) in [5, 5.41) is 13.0. The van der Waals surface area contributed by atoms with Gasteiger partial charge in [-0.3, -0.25) is 0 Å². The molecule has 1 fully saturated rings. The fourth-order valence-corrected chi connectivity index (χ4v) is 2.77. The summed E-state index contributed by atoms with van der Waals surface area (Å²) in [5.74, 6) is -0.279. The lowest BCUT2D eigenvalue weighted by atomic mass is 10.2. The minimum Gasteiger partial charge on any atom is -0.389 e. The molecule has 2 N–H and O–H groups in total. The van der Waals surface area contributed by atoms with Crippen LogP contribution in [0, 0.1) is 12.7 Å². The molecule has 3 nitrogen and oxygen atoms in total. The molecule has 1 aromatic carbocycles. The number of hydrogen-bond donors (Lipinski definition) is 2. The fraction of sp³-hybridized carbons (Fsp3) is 0.600. The van der Waals surface area contributed by atoms with Crippen molar-refractivity contribution in [3.8, 4) is 0 Å². The molecule has 0 aliphatic heterocycles. The summed E-state index contributed by atoms with van der Waals surface area (Å²) in [6.45, 7) is 2.57. The van der Waals surface area contributed by atoms with E-state index in [1.54, 1.807) is 6.07 Å². The van der Waals surface area contributed by atoms with Crippen LogP contribution in [0.15, 0.2) is 16.6 Å². The number of ether oxygens (including phenoxy) is 1. The number of aryl methyl sites for hydroxylation is 1. The summed E-state index contributed by atoms with van der Waals surface area (Å²) in [4.78, 5) is 0. The van der Waals surface area contributed by atoms with Gasteiger partial charge in [-0.2, -0.15) is 0 Å². The van der Waals surface area contributed by atoms with Gasteiger partial charge in [0.1, 0.15) is 5.82 Å². The van der Waals surface area contributed by atoms with Crippen molar-refractivity contribution in [3.05, 3.63) is 28.0 Å². The average Bonchev–Trinajstić information content (AvgIpc) is 2.92. The van der Waals surface area contributed by atoms with Gasteiger partial charge in [-0.25, -0.2) is 4.39 Å². The van der Waals surface area contributed by atoms with Crippen molar-refractivity contribution in [1.82, 2.24) is 0 Å². The number of benzene rings is 1. The van der Waals surface area contributed by atoms with E-state index in [0.29, 0.717) is 23.7 Å². The predicted molar refractivity (Wildman–Crippen MR) is 81.5 cm³/mol. The highest BCUT2D eigenvalue weighted by atomic mass is 79.9. The Morgan fingerprint density at radius 3 is 2.85 bits per heavy atom. The zero-order valence-electron chi connectivity index (χ0n) is 11.7. The maximum atomic E-state index is 13.3. The molecule has 1 atom stereocenters. The lowest BCUT2D eigenvalue weighted by Crippen LogP contribution is -2.27. The second-order valence-electron chi connectivity index (χ2n) is 5.36. The maximum Gasteiger partial charge on any atom is 0.137 e. The van der Waals surface area contributed by atoms with E-state index in [9.17, 15) is 9.50 Å². The van der Waals surface area contributed by atoms with Crippen molar-refractivity contribution in [2.45, 2.75) is 44.8 Å². The molecule has 5 heteroatoms. The minimum absolute atomic E-state index is 0.279. The van der Waals surface area contributed by atoms with E-state index in [2.05, 4.69) is 21.2 Å². The van der Waals surface area contributed by atoms with Crippen LogP contribution in [-0.2, 0) is 4.74 Å². The Hall–Kier alpha value is -0.650. The summed E-state index contributed by atoms with van der Waals surface area (Å²) < 4.78 is 19.4. The third-order valence-electron chi connectivity index (χ3n) is 3.62. The number of nitrogens with one attached hydrogen (secondary N) is 1. The van der Waals surface area contributed by atoms with Crippen LogP contribution in [0.2, 0.25) is 0 Å². The lowest BCUT2D eigenvalue weighted by Gasteiger charge is -2.17. The molecule has 0 amide bonds. The predicted octanol–water partition coefficient (Wildman–Crippen LogP) is 3.63. The summed E-state index contributed by atoms with van der Waals surface area (Å²) >= 11 is 3.16. The number of halogens is 2. The van der Waals surface area contributed by atoms with Crippen LogP contribution in [-0.4, -0.2) is 30.5 Å². The fourth-order valence-electron chi connectivity index (χ4n) is 2.43. The lowest BCUT2D eigenvalue weighted by molar-refractivity contribution is -0.00117. The second kappa shape index (κ2) is 7.38. The third kappa shape index (κ3) is 4.43. The molecule has 0 heterocycles. The van der Waals surface area contributed by atoms with Crippen LogP contribution < -0.4 is 5.32 Å². The molecule has 20 heavy (non-hydrogen) atoms. The van der Waals surface area contributed by atoms with Crippen LogP contribution in [0.25, 0.3) is 0 Å². The zero-order valence-corrected chi connectivity index (χ0v) is 13.2. The largest absolute Gasteiger partial charge is 0.389 e. The van der Waals surface area contributed by atoms with Crippen LogP contribution in [0.4, 0.5) is 10.1 Å². The molecule has 2 rings (SSSR count). The van der Waals surface area contributed by atoms with Gasteiger partial charge in [0.2, 0.25) is 0 Å². The topological polar surface area (TPSA) is 41.5 Å². The van der Waals surface area contributed by atoms with Crippen molar-refractivity contribution >= 4 is 21.6 Å². The number of anilines is 1. The molecule has 0 radical (unpaired) electrons. The van der Waals surface area contributed by atoms with Gasteiger partial charge in [0.25, 0.3) is 0 Å². The molecular formula is C15H21BrFNO2. The van der Waals surface area contributed by atoms with Crippen molar-refractivity contribution in [3.63, 3.8) is 0 Å². The SMILES string of the molecule is Cc1cc(F)c(Br)cc1NCC(O)COC1CCCC1. The molecule has 0 spiro atoms. The molecule has 1 aliphatic carbocycles. The van der Waals surface area contributed by atoms with E-state index in [0.717, 1.165) is 24.1 Å². The van der Waals surface area contributed by atoms with Gasteiger partial charge in [-0.15, -0.1) is 0 Å². The van der Waals surface area contributed by atoms with E-state index in [1.807, 2.05) is 6.92 Å². The molecule has 1 saturated carbocycles. The van der Waals surface area contributed by atoms with E-state index in [4.69, 9.17) is 4.74 Å². The van der Waals surface area contributed by atoms with Gasteiger partial charge < -0.3 is 15.2 Å². The Morgan fingerprint density at radius 1 is 1.45 bits per heavy atom. The maximum absolute atomic E-state index is 13.3. The van der Waals surface area contributed by atoms with Gasteiger partial charge in [0.15, 0.2) is 0 Å². The highest BCUT2D eigenvalue weighted by molar-refractivity contribution is 9.10. The van der Waals surface area contributed by atoms with Crippen molar-refractivity contribution in [1.29, 1.82) is 0 Å². The molecule has 0 saturated heterocycles. The van der Waals surface area contributed by atoms with Crippen LogP contribution in [0.3, 0.4) is 0 Å². The number of hydrogen-bond acceptors (Lipinski definition) is 3. The first-order chi connectivity index (χ1) is 9.56. The first-order valence-corrected chi connectivity index (χ1v) is 7.84. The summed E-state index contributed by atoms with van der Waals surface area (Å²) in [7, 11) is 0. The van der Waals surface area contributed by atoms with Crippen molar-refractivity contribution < 1.29 is 14.2 Å². The molecule has 0 bridgehead atoms. The average molecular weight is 346 g/mol. The number of rotatable bonds is 6. The smallest absolute Gasteiger partial charge is 0.137 e. The van der Waals surface area contributed by atoms with Gasteiger partial charge in [0.05, 0.1) is 23.3 Å². The standard InChI is InChI=1S/C15H21BrFNO2/c1-10-6-14(17)13(16)7-15(10)18-8-11(19)9-20-12-4-2-3-5-12/h6-7,11-12,18-19H,2-5,8-9H2,1H3. The minimum atomic E-state index is -0.557. The third-order valence-corrected chi connectivity index (χ3v) is 4.23. The summed E-state index contributed by atoms with van der Waals surface area (Å²) in [6, 6.07) is 3.16. The zero-order chi connectivity index (χ0) is 14.5. The van der Waals surface area contributed by atoms with E-state index < -0.39 is 6.10 Å². The highest BCUT2D eigenvalue weighted by Crippen LogP contribution is 2.24. The van der Waals surface area contributed by atoms with Gasteiger partial charge in [0, 0.05) is 12.2 Å². The number of aliphatic hydroxyl groups excluding tert-OH is 1. The van der Waals surface area contributed by atoms with Crippen LogP contribution in [0.1, 0.15) is 31.2 Å². The molecule has 112 valence electrons. The van der Waals surface area contributed by atoms with Gasteiger partial charge in [-0.1, -0.05) is 12.8 Å². The Bertz CT molecular complexity index is 450. The molecular weight excluding hydrogens is 325 g/mol. The van der Waals surface area contributed by atoms with Gasteiger partial charge in [-0.05, 0) is 53.4 Å². The highest BCUT2D eigenvalue weighted by Gasteiger charge is 2.17. The molecule has 1 aromatic rings. The number of aliphatic hydroxyl groups is 1. The van der Waals surface area contributed by atoms with Crippen molar-refractivity contribution in [2.75, 3.05) is 18.5 Å². The summed E-state index contributed by atoms with van der Waals surface area (Å²) in [5.41, 5.74) is 1.63. The first kappa shape index (κ1) is 15.7. The Morgan fingerprint density at radius 2 is 2.15 bits per heavy atom. The second-order valence-corrected chi connectivity index (χ2v) is 6.21. The van der Waals surface area contributed by atoms with Crippen LogP contribution in [0.5, 0.6) is 0 Å². The van der Waals surface area contributed by atoms with Crippen molar-refractivity contribution in [2.24, 2.45) is 0 Å². The Balaban J connectivity index is 1.77. The normalized spacial score (nSPS) is 17.4. The Labute approximate surface area is 127 Å². The van der Waals surface area contributed by atoms with E-state index in [1.165, 1.54) is 18.9 Å². The van der Waals surface area contributed by atoms with E-state index >= 15 is 0 Å². The quantitative estimate of drug-likeness (QED) is 0.827. The summed E-state index contributed by atoms with van der Waals surface area (Å²) in [6.07, 6.45) is 4.41.